The van der Waals surface area contributed by atoms with Gasteiger partial charge >= 0.3 is 0 Å². The second-order valence-corrected chi connectivity index (χ2v) is 5.82. The highest BCUT2D eigenvalue weighted by Crippen LogP contribution is 2.31. The van der Waals surface area contributed by atoms with E-state index in [0.29, 0.717) is 41.8 Å². The summed E-state index contributed by atoms with van der Waals surface area (Å²) in [7, 11) is 0. The fraction of sp³-hybridized carbons (Fsp3) is 0.294. The van der Waals surface area contributed by atoms with Crippen LogP contribution in [-0.2, 0) is 9.53 Å². The van der Waals surface area contributed by atoms with Crippen molar-refractivity contribution in [3.8, 4) is 11.5 Å². The smallest absolute Gasteiger partial charge is 0.226 e. The number of carbonyl (C=O) groups is 1. The van der Waals surface area contributed by atoms with E-state index in [1.165, 1.54) is 0 Å². The summed E-state index contributed by atoms with van der Waals surface area (Å²) >= 11 is 6.23. The van der Waals surface area contributed by atoms with Crippen molar-refractivity contribution < 1.29 is 14.3 Å². The van der Waals surface area contributed by atoms with E-state index in [-0.39, 0.29) is 36.8 Å². The van der Waals surface area contributed by atoms with Gasteiger partial charge in [-0.2, -0.15) is 0 Å². The highest BCUT2D eigenvalue weighted by molar-refractivity contribution is 6.32. The van der Waals surface area contributed by atoms with Gasteiger partial charge in [0.05, 0.1) is 18.2 Å². The molecule has 142 valence electrons. The molecule has 0 spiro atoms. The van der Waals surface area contributed by atoms with Crippen LogP contribution < -0.4 is 15.4 Å². The maximum absolute atomic E-state index is 12.1. The van der Waals surface area contributed by atoms with E-state index in [0.717, 1.165) is 6.54 Å². The lowest BCUT2D eigenvalue weighted by Crippen LogP contribution is -2.43. The first-order valence-corrected chi connectivity index (χ1v) is 8.07. The van der Waals surface area contributed by atoms with E-state index in [4.69, 9.17) is 21.1 Å². The van der Waals surface area contributed by atoms with Crippen LogP contribution in [0, 0.1) is 0 Å². The van der Waals surface area contributed by atoms with Gasteiger partial charge in [0.1, 0.15) is 11.5 Å². The van der Waals surface area contributed by atoms with Crippen LogP contribution in [0.5, 0.6) is 11.5 Å². The Bertz CT molecular complexity index is 698. The molecule has 0 saturated carbocycles. The first kappa shape index (κ1) is 22.5. The normalized spacial score (nSPS) is 16.0. The molecule has 26 heavy (non-hydrogen) atoms. The Morgan fingerprint density at radius 3 is 2.73 bits per heavy atom. The fourth-order valence-corrected chi connectivity index (χ4v) is 2.60. The number of morpholine rings is 1. The number of hydrogen-bond acceptors (Lipinski definition) is 5. The molecule has 1 aromatic heterocycles. The zero-order valence-electron chi connectivity index (χ0n) is 13.8. The number of anilines is 1. The summed E-state index contributed by atoms with van der Waals surface area (Å²) < 4.78 is 11.0. The summed E-state index contributed by atoms with van der Waals surface area (Å²) in [6.45, 7) is 2.00. The van der Waals surface area contributed by atoms with Crippen LogP contribution >= 0.6 is 36.4 Å². The average molecular weight is 421 g/mol. The third kappa shape index (κ3) is 6.63. The third-order valence-corrected chi connectivity index (χ3v) is 3.82. The number of carbonyl (C=O) groups excluding carboxylic acids is 1. The summed E-state index contributed by atoms with van der Waals surface area (Å²) in [5.41, 5.74) is 0.629. The zero-order chi connectivity index (χ0) is 16.8. The van der Waals surface area contributed by atoms with Crippen LogP contribution in [0.4, 0.5) is 5.69 Å². The number of rotatable bonds is 5. The van der Waals surface area contributed by atoms with Crippen LogP contribution in [0.25, 0.3) is 0 Å². The van der Waals surface area contributed by atoms with Crippen molar-refractivity contribution >= 4 is 48.0 Å². The molecule has 1 amide bonds. The van der Waals surface area contributed by atoms with Crippen molar-refractivity contribution in [2.45, 2.75) is 12.5 Å². The lowest BCUT2D eigenvalue weighted by Gasteiger charge is -2.23. The molecular weight excluding hydrogens is 401 g/mol. The quantitative estimate of drug-likeness (QED) is 0.772. The average Bonchev–Trinajstić information content (AvgIpc) is 2.59. The van der Waals surface area contributed by atoms with Crippen molar-refractivity contribution in [3.05, 3.63) is 47.7 Å². The van der Waals surface area contributed by atoms with E-state index in [2.05, 4.69) is 15.6 Å². The number of hydrogen-bond donors (Lipinski definition) is 2. The van der Waals surface area contributed by atoms with Crippen molar-refractivity contribution in [2.75, 3.05) is 25.1 Å². The van der Waals surface area contributed by atoms with Crippen LogP contribution in [0.15, 0.2) is 42.7 Å². The molecule has 2 N–H and O–H groups in total. The van der Waals surface area contributed by atoms with E-state index < -0.39 is 0 Å². The van der Waals surface area contributed by atoms with E-state index in [1.807, 2.05) is 0 Å². The Hall–Kier alpha value is -1.57. The van der Waals surface area contributed by atoms with E-state index in [1.54, 1.807) is 42.7 Å². The highest BCUT2D eigenvalue weighted by atomic mass is 35.5. The highest BCUT2D eigenvalue weighted by Gasteiger charge is 2.17. The van der Waals surface area contributed by atoms with Crippen molar-refractivity contribution in [1.29, 1.82) is 0 Å². The predicted molar refractivity (Wildman–Crippen MR) is 106 cm³/mol. The Morgan fingerprint density at radius 2 is 2.08 bits per heavy atom. The number of nitrogens with zero attached hydrogens (tertiary/aromatic N) is 1. The van der Waals surface area contributed by atoms with Crippen LogP contribution in [-0.4, -0.2) is 36.7 Å². The molecule has 1 atom stereocenters. The summed E-state index contributed by atoms with van der Waals surface area (Å²) in [6.07, 6.45) is 3.63. The summed E-state index contributed by atoms with van der Waals surface area (Å²) in [4.78, 5) is 16.0. The van der Waals surface area contributed by atoms with Gasteiger partial charge in [0, 0.05) is 37.1 Å². The Kier molecular flexibility index (Phi) is 9.69. The number of pyridine rings is 1. The third-order valence-electron chi connectivity index (χ3n) is 3.52. The molecular formula is C17H20Cl3N3O3. The molecule has 1 fully saturated rings. The van der Waals surface area contributed by atoms with E-state index in [9.17, 15) is 4.79 Å². The number of halogens is 3. The van der Waals surface area contributed by atoms with Gasteiger partial charge in [-0.25, -0.2) is 0 Å². The van der Waals surface area contributed by atoms with Gasteiger partial charge in [0.15, 0.2) is 0 Å². The van der Waals surface area contributed by atoms with Crippen LogP contribution in [0.1, 0.15) is 6.42 Å². The number of aromatic nitrogens is 1. The second-order valence-electron chi connectivity index (χ2n) is 5.41. The molecule has 9 heteroatoms. The summed E-state index contributed by atoms with van der Waals surface area (Å²) in [5, 5.41) is 6.50. The molecule has 2 aromatic rings. The maximum atomic E-state index is 12.1. The van der Waals surface area contributed by atoms with Gasteiger partial charge in [-0.3, -0.25) is 9.78 Å². The molecule has 0 bridgehead atoms. The van der Waals surface area contributed by atoms with E-state index >= 15 is 0 Å². The van der Waals surface area contributed by atoms with Gasteiger partial charge in [-0.05, 0) is 30.3 Å². The minimum absolute atomic E-state index is 0. The molecule has 1 unspecified atom stereocenters. The Morgan fingerprint density at radius 1 is 1.31 bits per heavy atom. The minimum Gasteiger partial charge on any atom is -0.456 e. The number of benzene rings is 1. The number of amides is 1. The lowest BCUT2D eigenvalue weighted by molar-refractivity contribution is -0.117. The van der Waals surface area contributed by atoms with Crippen LogP contribution in [0.3, 0.4) is 0 Å². The monoisotopic (exact) mass is 419 g/mol. The van der Waals surface area contributed by atoms with Crippen molar-refractivity contribution in [1.82, 2.24) is 10.3 Å². The van der Waals surface area contributed by atoms with Gasteiger partial charge < -0.3 is 20.1 Å². The van der Waals surface area contributed by atoms with Crippen molar-refractivity contribution in [3.63, 3.8) is 0 Å². The standard InChI is InChI=1S/C17H18ClN3O3.2ClH/c18-15-9-12(21-17(22)10-13-11-23-8-7-20-13)1-2-16(15)24-14-3-5-19-6-4-14;;/h1-6,9,13,20H,7-8,10-11H2,(H,21,22);2*1H. The topological polar surface area (TPSA) is 72.5 Å². The van der Waals surface area contributed by atoms with Gasteiger partial charge in [0.2, 0.25) is 5.91 Å². The molecule has 0 radical (unpaired) electrons. The minimum atomic E-state index is -0.0862. The number of ether oxygens (including phenoxy) is 2. The molecule has 2 heterocycles. The molecule has 0 aliphatic carbocycles. The number of nitrogens with one attached hydrogen (secondary N) is 2. The first-order chi connectivity index (χ1) is 11.7. The fourth-order valence-electron chi connectivity index (χ4n) is 2.38. The predicted octanol–water partition coefficient (Wildman–Crippen LogP) is 3.69. The first-order valence-electron chi connectivity index (χ1n) is 7.69. The van der Waals surface area contributed by atoms with Gasteiger partial charge in [0.25, 0.3) is 0 Å². The van der Waals surface area contributed by atoms with Gasteiger partial charge in [-0.1, -0.05) is 11.6 Å². The molecule has 1 aromatic carbocycles. The molecule has 3 rings (SSSR count). The Balaban J connectivity index is 0.00000169. The molecule has 1 aliphatic heterocycles. The molecule has 1 saturated heterocycles. The van der Waals surface area contributed by atoms with Gasteiger partial charge in [-0.15, -0.1) is 24.8 Å². The van der Waals surface area contributed by atoms with Crippen LogP contribution in [0.2, 0.25) is 5.02 Å². The molecule has 1 aliphatic rings. The maximum Gasteiger partial charge on any atom is 0.226 e. The largest absolute Gasteiger partial charge is 0.456 e. The zero-order valence-corrected chi connectivity index (χ0v) is 16.2. The summed E-state index contributed by atoms with van der Waals surface area (Å²) in [6, 6.07) is 8.67. The second kappa shape index (κ2) is 11.2. The Labute approximate surface area is 169 Å². The lowest BCUT2D eigenvalue weighted by atomic mass is 10.2. The SMILES string of the molecule is Cl.Cl.O=C(CC1COCCN1)Nc1ccc(Oc2ccncc2)c(Cl)c1. The summed E-state index contributed by atoms with van der Waals surface area (Å²) in [5.74, 6) is 1.08. The van der Waals surface area contributed by atoms with Crippen molar-refractivity contribution in [2.24, 2.45) is 0 Å². The molecule has 6 nitrogen and oxygen atoms in total.